The van der Waals surface area contributed by atoms with E-state index in [1.807, 2.05) is 6.07 Å². The Bertz CT molecular complexity index is 844. The lowest BCUT2D eigenvalue weighted by molar-refractivity contribution is 0.210. The molecule has 0 saturated carbocycles. The van der Waals surface area contributed by atoms with Crippen LogP contribution in [0.15, 0.2) is 59.1 Å². The van der Waals surface area contributed by atoms with E-state index in [9.17, 15) is 4.39 Å². The van der Waals surface area contributed by atoms with Gasteiger partial charge in [0.15, 0.2) is 0 Å². The van der Waals surface area contributed by atoms with Gasteiger partial charge in [0.1, 0.15) is 5.82 Å². The lowest BCUT2D eigenvalue weighted by Crippen LogP contribution is -2.38. The molecule has 1 aliphatic rings. The van der Waals surface area contributed by atoms with Crippen LogP contribution < -0.4 is 5.32 Å². The van der Waals surface area contributed by atoms with Crippen molar-refractivity contribution in [2.75, 3.05) is 18.4 Å². The van der Waals surface area contributed by atoms with Crippen molar-refractivity contribution in [2.24, 2.45) is 0 Å². The first-order valence-electron chi connectivity index (χ1n) is 8.89. The van der Waals surface area contributed by atoms with E-state index in [1.165, 1.54) is 11.6 Å². The minimum atomic E-state index is -0.353. The Kier molecular flexibility index (Phi) is 4.93. The number of benzene rings is 2. The number of likely N-dealkylation sites (tertiary alicyclic amines) is 1. The van der Waals surface area contributed by atoms with Crippen molar-refractivity contribution >= 4 is 6.01 Å². The van der Waals surface area contributed by atoms with Crippen molar-refractivity contribution < 1.29 is 8.91 Å². The quantitative estimate of drug-likeness (QED) is 0.753. The zero-order chi connectivity index (χ0) is 17.8. The van der Waals surface area contributed by atoms with Gasteiger partial charge < -0.3 is 9.84 Å². The van der Waals surface area contributed by atoms with Crippen LogP contribution in [0.2, 0.25) is 0 Å². The van der Waals surface area contributed by atoms with Gasteiger partial charge in [-0.15, -0.1) is 0 Å². The van der Waals surface area contributed by atoms with E-state index in [0.29, 0.717) is 11.6 Å². The number of hydrogen-bond acceptors (Lipinski definition) is 5. The molecule has 2 aromatic carbocycles. The molecule has 1 aliphatic heterocycles. The second kappa shape index (κ2) is 7.66. The topological polar surface area (TPSA) is 54.2 Å². The van der Waals surface area contributed by atoms with Gasteiger partial charge in [0.05, 0.1) is 5.56 Å². The second-order valence-corrected chi connectivity index (χ2v) is 6.58. The molecule has 5 nitrogen and oxygen atoms in total. The number of anilines is 1. The summed E-state index contributed by atoms with van der Waals surface area (Å²) in [7, 11) is 0. The average molecular weight is 352 g/mol. The van der Waals surface area contributed by atoms with Crippen molar-refractivity contribution in [3.05, 3.63) is 66.0 Å². The number of piperidine rings is 1. The molecule has 134 valence electrons. The van der Waals surface area contributed by atoms with Gasteiger partial charge in [-0.25, -0.2) is 4.39 Å². The minimum absolute atomic E-state index is 0.270. The van der Waals surface area contributed by atoms with Crippen LogP contribution >= 0.6 is 0 Å². The Morgan fingerprint density at radius 2 is 1.77 bits per heavy atom. The van der Waals surface area contributed by atoms with Crippen LogP contribution in [0.1, 0.15) is 18.4 Å². The average Bonchev–Trinajstić information content (AvgIpc) is 3.13. The molecule has 26 heavy (non-hydrogen) atoms. The molecule has 0 radical (unpaired) electrons. The van der Waals surface area contributed by atoms with Gasteiger partial charge in [0.25, 0.3) is 0 Å². The molecule has 2 heterocycles. The maximum atomic E-state index is 13.8. The van der Waals surface area contributed by atoms with Crippen LogP contribution in [-0.4, -0.2) is 34.2 Å². The van der Waals surface area contributed by atoms with E-state index in [4.69, 9.17) is 4.52 Å². The van der Waals surface area contributed by atoms with Crippen molar-refractivity contribution in [3.8, 4) is 11.4 Å². The molecule has 0 amide bonds. The van der Waals surface area contributed by atoms with E-state index in [1.54, 1.807) is 18.2 Å². The predicted octanol–water partition coefficient (Wildman–Crippen LogP) is 3.95. The highest BCUT2D eigenvalue weighted by atomic mass is 19.1. The van der Waals surface area contributed by atoms with Crippen LogP contribution in [0.5, 0.6) is 0 Å². The van der Waals surface area contributed by atoms with Crippen molar-refractivity contribution in [3.63, 3.8) is 0 Å². The summed E-state index contributed by atoms with van der Waals surface area (Å²) in [4.78, 5) is 6.73. The van der Waals surface area contributed by atoms with E-state index in [2.05, 4.69) is 44.6 Å². The van der Waals surface area contributed by atoms with E-state index in [-0.39, 0.29) is 17.7 Å². The molecule has 0 unspecified atom stereocenters. The molecule has 0 atom stereocenters. The van der Waals surface area contributed by atoms with E-state index in [0.717, 1.165) is 32.5 Å². The number of aromatic nitrogens is 2. The molecule has 0 aliphatic carbocycles. The Morgan fingerprint density at radius 3 is 2.54 bits per heavy atom. The van der Waals surface area contributed by atoms with Gasteiger partial charge in [0.2, 0.25) is 5.82 Å². The van der Waals surface area contributed by atoms with Gasteiger partial charge >= 0.3 is 6.01 Å². The SMILES string of the molecule is Fc1ccccc1-c1noc(NC2CCN(Cc3ccccc3)CC2)n1. The maximum absolute atomic E-state index is 13.8. The summed E-state index contributed by atoms with van der Waals surface area (Å²) in [6.45, 7) is 3.01. The summed E-state index contributed by atoms with van der Waals surface area (Å²) in [6.07, 6.45) is 2.01. The summed E-state index contributed by atoms with van der Waals surface area (Å²) in [5.41, 5.74) is 1.69. The predicted molar refractivity (Wildman–Crippen MR) is 98.1 cm³/mol. The molecule has 1 saturated heterocycles. The first-order valence-corrected chi connectivity index (χ1v) is 8.89. The van der Waals surface area contributed by atoms with Crippen molar-refractivity contribution in [1.82, 2.24) is 15.0 Å². The Hall–Kier alpha value is -2.73. The van der Waals surface area contributed by atoms with Crippen LogP contribution in [0.3, 0.4) is 0 Å². The lowest BCUT2D eigenvalue weighted by atomic mass is 10.0. The van der Waals surface area contributed by atoms with Gasteiger partial charge in [-0.3, -0.25) is 4.90 Å². The second-order valence-electron chi connectivity index (χ2n) is 6.58. The monoisotopic (exact) mass is 352 g/mol. The zero-order valence-corrected chi connectivity index (χ0v) is 14.4. The largest absolute Gasteiger partial charge is 0.335 e. The molecule has 1 fully saturated rings. The summed E-state index contributed by atoms with van der Waals surface area (Å²) < 4.78 is 19.1. The molecule has 6 heteroatoms. The molecule has 1 N–H and O–H groups in total. The molecule has 0 spiro atoms. The third-order valence-electron chi connectivity index (χ3n) is 4.70. The van der Waals surface area contributed by atoms with Crippen molar-refractivity contribution in [2.45, 2.75) is 25.4 Å². The van der Waals surface area contributed by atoms with Crippen LogP contribution in [0.25, 0.3) is 11.4 Å². The number of hydrogen-bond donors (Lipinski definition) is 1. The summed E-state index contributed by atoms with van der Waals surface area (Å²) >= 11 is 0. The fraction of sp³-hybridized carbons (Fsp3) is 0.300. The summed E-state index contributed by atoms with van der Waals surface area (Å²) in [5.74, 6) is -0.0822. The Morgan fingerprint density at radius 1 is 1.04 bits per heavy atom. The maximum Gasteiger partial charge on any atom is 0.322 e. The standard InChI is InChI=1S/C20H21FN4O/c21-18-9-5-4-8-17(18)19-23-20(26-24-19)22-16-10-12-25(13-11-16)14-15-6-2-1-3-7-15/h1-9,16H,10-14H2,(H,22,23,24). The normalized spacial score (nSPS) is 15.9. The van der Waals surface area contributed by atoms with E-state index >= 15 is 0 Å². The number of halogens is 1. The highest BCUT2D eigenvalue weighted by Gasteiger charge is 2.21. The lowest BCUT2D eigenvalue weighted by Gasteiger charge is -2.31. The zero-order valence-electron chi connectivity index (χ0n) is 14.4. The molecular weight excluding hydrogens is 331 g/mol. The molecule has 1 aromatic heterocycles. The first kappa shape index (κ1) is 16.7. The third kappa shape index (κ3) is 3.91. The molecule has 3 aromatic rings. The smallest absolute Gasteiger partial charge is 0.322 e. The van der Waals surface area contributed by atoms with Gasteiger partial charge in [0, 0.05) is 25.7 Å². The minimum Gasteiger partial charge on any atom is -0.335 e. The molecular formula is C20H21FN4O. The summed E-state index contributed by atoms with van der Waals surface area (Å²) in [5, 5.41) is 7.17. The summed E-state index contributed by atoms with van der Waals surface area (Å²) in [6, 6.07) is 17.6. The van der Waals surface area contributed by atoms with Gasteiger partial charge in [-0.05, 0) is 30.5 Å². The highest BCUT2D eigenvalue weighted by Crippen LogP contribution is 2.22. The fourth-order valence-electron chi connectivity index (χ4n) is 3.29. The van der Waals surface area contributed by atoms with Crippen LogP contribution in [0.4, 0.5) is 10.4 Å². The molecule has 4 rings (SSSR count). The van der Waals surface area contributed by atoms with Gasteiger partial charge in [-0.2, -0.15) is 4.98 Å². The van der Waals surface area contributed by atoms with Crippen molar-refractivity contribution in [1.29, 1.82) is 0 Å². The highest BCUT2D eigenvalue weighted by molar-refractivity contribution is 5.56. The van der Waals surface area contributed by atoms with E-state index < -0.39 is 0 Å². The third-order valence-corrected chi connectivity index (χ3v) is 4.70. The first-order chi connectivity index (χ1) is 12.8. The Balaban J connectivity index is 1.32. The number of nitrogens with zero attached hydrogens (tertiary/aromatic N) is 3. The van der Waals surface area contributed by atoms with Crippen LogP contribution in [0, 0.1) is 5.82 Å². The number of nitrogens with one attached hydrogen (secondary N) is 1. The Labute approximate surface area is 151 Å². The number of rotatable bonds is 5. The molecule has 0 bridgehead atoms. The van der Waals surface area contributed by atoms with Crippen LogP contribution in [-0.2, 0) is 6.54 Å². The fourth-order valence-corrected chi connectivity index (χ4v) is 3.29. The van der Waals surface area contributed by atoms with Gasteiger partial charge in [-0.1, -0.05) is 47.6 Å².